The molecule has 1 rings (SSSR count). The van der Waals surface area contributed by atoms with E-state index < -0.39 is 0 Å². The largest absolute Gasteiger partial charge is 0.307 e. The van der Waals surface area contributed by atoms with Crippen LogP contribution in [-0.2, 0) is 13.1 Å². The quantitative estimate of drug-likeness (QED) is 0.748. The SMILES string of the molecule is CCN(CC)CC(C)NCc1ccnn1CC. The fourth-order valence-electron chi connectivity index (χ4n) is 2.01. The summed E-state index contributed by atoms with van der Waals surface area (Å²) in [5.41, 5.74) is 1.26. The molecule has 1 atom stereocenters. The first-order chi connectivity index (χ1) is 8.21. The topological polar surface area (TPSA) is 33.1 Å². The van der Waals surface area contributed by atoms with Crippen molar-refractivity contribution in [3.05, 3.63) is 18.0 Å². The van der Waals surface area contributed by atoms with E-state index in [1.54, 1.807) is 0 Å². The molecule has 0 radical (unpaired) electrons. The maximum Gasteiger partial charge on any atom is 0.0522 e. The number of aryl methyl sites for hydroxylation is 1. The highest BCUT2D eigenvalue weighted by Crippen LogP contribution is 1.99. The average molecular weight is 238 g/mol. The Labute approximate surface area is 105 Å². The van der Waals surface area contributed by atoms with Crippen LogP contribution in [0.3, 0.4) is 0 Å². The summed E-state index contributed by atoms with van der Waals surface area (Å²) in [6, 6.07) is 2.59. The van der Waals surface area contributed by atoms with E-state index in [0.29, 0.717) is 6.04 Å². The minimum Gasteiger partial charge on any atom is -0.307 e. The van der Waals surface area contributed by atoms with Crippen molar-refractivity contribution in [1.29, 1.82) is 0 Å². The van der Waals surface area contributed by atoms with E-state index in [2.05, 4.69) is 49.1 Å². The van der Waals surface area contributed by atoms with Gasteiger partial charge in [0.05, 0.1) is 5.69 Å². The van der Waals surface area contributed by atoms with Crippen molar-refractivity contribution < 1.29 is 0 Å². The van der Waals surface area contributed by atoms with Gasteiger partial charge in [-0.25, -0.2) is 0 Å². The number of nitrogens with zero attached hydrogens (tertiary/aromatic N) is 3. The average Bonchev–Trinajstić information content (AvgIpc) is 2.80. The number of hydrogen-bond donors (Lipinski definition) is 1. The van der Waals surface area contributed by atoms with Crippen LogP contribution in [0, 0.1) is 0 Å². The third-order valence-electron chi connectivity index (χ3n) is 3.16. The van der Waals surface area contributed by atoms with Gasteiger partial charge in [-0.1, -0.05) is 13.8 Å². The number of aromatic nitrogens is 2. The fourth-order valence-corrected chi connectivity index (χ4v) is 2.01. The molecule has 0 aromatic carbocycles. The molecule has 1 unspecified atom stereocenters. The smallest absolute Gasteiger partial charge is 0.0522 e. The van der Waals surface area contributed by atoms with E-state index in [-0.39, 0.29) is 0 Å². The number of rotatable bonds is 8. The molecule has 1 aromatic rings. The first-order valence-electron chi connectivity index (χ1n) is 6.67. The summed E-state index contributed by atoms with van der Waals surface area (Å²) in [6.45, 7) is 14.0. The van der Waals surface area contributed by atoms with Gasteiger partial charge in [0.15, 0.2) is 0 Å². The van der Waals surface area contributed by atoms with Crippen LogP contribution in [0.15, 0.2) is 12.3 Å². The van der Waals surface area contributed by atoms with Gasteiger partial charge >= 0.3 is 0 Å². The summed E-state index contributed by atoms with van der Waals surface area (Å²) in [6.07, 6.45) is 1.87. The maximum absolute atomic E-state index is 4.27. The van der Waals surface area contributed by atoms with Gasteiger partial charge in [-0.05, 0) is 33.0 Å². The number of nitrogens with one attached hydrogen (secondary N) is 1. The highest BCUT2D eigenvalue weighted by molar-refractivity contribution is 5.00. The van der Waals surface area contributed by atoms with Gasteiger partial charge in [-0.3, -0.25) is 4.68 Å². The summed E-state index contributed by atoms with van der Waals surface area (Å²) in [7, 11) is 0. The molecule has 0 bridgehead atoms. The molecule has 0 amide bonds. The van der Waals surface area contributed by atoms with Crippen molar-refractivity contribution in [2.24, 2.45) is 0 Å². The highest BCUT2D eigenvalue weighted by atomic mass is 15.3. The Balaban J connectivity index is 2.35. The van der Waals surface area contributed by atoms with Crippen molar-refractivity contribution in [3.8, 4) is 0 Å². The molecule has 4 nitrogen and oxygen atoms in total. The van der Waals surface area contributed by atoms with Crippen molar-refractivity contribution in [2.75, 3.05) is 19.6 Å². The zero-order valence-corrected chi connectivity index (χ0v) is 11.6. The Hall–Kier alpha value is -0.870. The lowest BCUT2D eigenvalue weighted by molar-refractivity contribution is 0.270. The van der Waals surface area contributed by atoms with E-state index in [1.807, 2.05) is 10.9 Å². The number of likely N-dealkylation sites (N-methyl/N-ethyl adjacent to an activating group) is 1. The third kappa shape index (κ3) is 4.48. The molecule has 1 heterocycles. The highest BCUT2D eigenvalue weighted by Gasteiger charge is 2.07. The summed E-state index contributed by atoms with van der Waals surface area (Å²) in [5, 5.41) is 7.83. The molecule has 0 aliphatic carbocycles. The van der Waals surface area contributed by atoms with Gasteiger partial charge in [0.25, 0.3) is 0 Å². The Morgan fingerprint density at radius 1 is 1.35 bits per heavy atom. The van der Waals surface area contributed by atoms with Crippen LogP contribution < -0.4 is 5.32 Å². The Kier molecular flexibility index (Phi) is 6.22. The van der Waals surface area contributed by atoms with E-state index >= 15 is 0 Å². The maximum atomic E-state index is 4.27. The van der Waals surface area contributed by atoms with Crippen LogP contribution in [0.5, 0.6) is 0 Å². The van der Waals surface area contributed by atoms with E-state index in [0.717, 1.165) is 32.7 Å². The van der Waals surface area contributed by atoms with E-state index in [4.69, 9.17) is 0 Å². The monoisotopic (exact) mass is 238 g/mol. The van der Waals surface area contributed by atoms with Crippen LogP contribution >= 0.6 is 0 Å². The van der Waals surface area contributed by atoms with E-state index in [1.165, 1.54) is 5.69 Å². The van der Waals surface area contributed by atoms with Crippen molar-refractivity contribution in [2.45, 2.75) is 46.8 Å². The molecule has 4 heteroatoms. The molecule has 0 saturated carbocycles. The molecule has 0 spiro atoms. The normalized spacial score (nSPS) is 13.2. The molecule has 0 fully saturated rings. The van der Waals surface area contributed by atoms with Crippen LogP contribution in [0.4, 0.5) is 0 Å². The minimum absolute atomic E-state index is 0.509. The second-order valence-corrected chi connectivity index (χ2v) is 4.41. The molecular formula is C13H26N4. The van der Waals surface area contributed by atoms with Gasteiger partial charge < -0.3 is 10.2 Å². The van der Waals surface area contributed by atoms with Crippen LogP contribution in [0.2, 0.25) is 0 Å². The second kappa shape index (κ2) is 7.45. The molecule has 98 valence electrons. The Bertz CT molecular complexity index is 304. The first kappa shape index (κ1) is 14.2. The van der Waals surface area contributed by atoms with Gasteiger partial charge in [-0.2, -0.15) is 5.10 Å². The van der Waals surface area contributed by atoms with Crippen LogP contribution in [0.1, 0.15) is 33.4 Å². The Morgan fingerprint density at radius 2 is 2.06 bits per heavy atom. The van der Waals surface area contributed by atoms with Crippen LogP contribution in [-0.4, -0.2) is 40.4 Å². The predicted molar refractivity (Wildman–Crippen MR) is 72.0 cm³/mol. The summed E-state index contributed by atoms with van der Waals surface area (Å²) in [5.74, 6) is 0. The van der Waals surface area contributed by atoms with Crippen molar-refractivity contribution in [1.82, 2.24) is 20.0 Å². The molecular weight excluding hydrogens is 212 g/mol. The standard InChI is InChI=1S/C13H26N4/c1-5-16(6-2)11-12(4)14-10-13-8-9-15-17(13)7-3/h8-9,12,14H,5-7,10-11H2,1-4H3. The molecule has 0 saturated heterocycles. The summed E-state index contributed by atoms with van der Waals surface area (Å²) in [4.78, 5) is 2.44. The summed E-state index contributed by atoms with van der Waals surface area (Å²) < 4.78 is 2.04. The Morgan fingerprint density at radius 3 is 2.65 bits per heavy atom. The molecule has 0 aliphatic rings. The zero-order chi connectivity index (χ0) is 12.7. The second-order valence-electron chi connectivity index (χ2n) is 4.41. The van der Waals surface area contributed by atoms with E-state index in [9.17, 15) is 0 Å². The molecule has 1 aromatic heterocycles. The first-order valence-corrected chi connectivity index (χ1v) is 6.67. The van der Waals surface area contributed by atoms with Gasteiger partial charge in [0.1, 0.15) is 0 Å². The van der Waals surface area contributed by atoms with Crippen molar-refractivity contribution in [3.63, 3.8) is 0 Å². The lowest BCUT2D eigenvalue weighted by Crippen LogP contribution is -2.39. The lowest BCUT2D eigenvalue weighted by atomic mass is 10.3. The zero-order valence-electron chi connectivity index (χ0n) is 11.6. The van der Waals surface area contributed by atoms with Gasteiger partial charge in [0.2, 0.25) is 0 Å². The van der Waals surface area contributed by atoms with Crippen molar-refractivity contribution >= 4 is 0 Å². The number of hydrogen-bond acceptors (Lipinski definition) is 3. The molecule has 0 aliphatic heterocycles. The van der Waals surface area contributed by atoms with Gasteiger partial charge in [-0.15, -0.1) is 0 Å². The predicted octanol–water partition coefficient (Wildman–Crippen LogP) is 1.72. The fraction of sp³-hybridized carbons (Fsp3) is 0.769. The van der Waals surface area contributed by atoms with Crippen LogP contribution in [0.25, 0.3) is 0 Å². The van der Waals surface area contributed by atoms with Gasteiger partial charge in [0, 0.05) is 31.9 Å². The lowest BCUT2D eigenvalue weighted by Gasteiger charge is -2.23. The minimum atomic E-state index is 0.509. The summed E-state index contributed by atoms with van der Waals surface area (Å²) >= 11 is 0. The molecule has 1 N–H and O–H groups in total. The third-order valence-corrected chi connectivity index (χ3v) is 3.16. The molecule has 17 heavy (non-hydrogen) atoms.